The zero-order chi connectivity index (χ0) is 20.3. The molecule has 0 bridgehead atoms. The van der Waals surface area contributed by atoms with E-state index in [2.05, 4.69) is 63.2 Å². The fourth-order valence-corrected chi connectivity index (χ4v) is 2.08. The Morgan fingerprint density at radius 3 is 1.67 bits per heavy atom. The molecule has 0 saturated heterocycles. The standard InChI is InChI=1S/C8H17O3PS.C6H15N.C5H12.H2O.U/c1-7(2)8(9)13-6-5-10-3-4-11-12;1-5(2)7-6(3)4;1-4-5(2)3;;/h7H,3-6,12H2,1-2H3;5-7H,1-4H3;5H,4H2,1-3H3;1H2;. The van der Waals surface area contributed by atoms with Crippen LogP contribution in [0.1, 0.15) is 68.7 Å². The number of hydrogen-bond donors (Lipinski definition) is 1. The Labute approximate surface area is 199 Å². The summed E-state index contributed by atoms with van der Waals surface area (Å²) in [6.45, 7) is 20.8. The maximum atomic E-state index is 11.1. The maximum absolute atomic E-state index is 11.1. The van der Waals surface area contributed by atoms with E-state index in [9.17, 15) is 4.79 Å². The summed E-state index contributed by atoms with van der Waals surface area (Å²) in [5.74, 6) is 1.73. The van der Waals surface area contributed by atoms with Crippen molar-refractivity contribution >= 4 is 26.3 Å². The quantitative estimate of drug-likeness (QED) is 0.281. The van der Waals surface area contributed by atoms with Crippen molar-refractivity contribution in [1.82, 2.24) is 5.32 Å². The van der Waals surface area contributed by atoms with Crippen LogP contribution in [-0.2, 0) is 14.1 Å². The Morgan fingerprint density at radius 1 is 0.963 bits per heavy atom. The van der Waals surface area contributed by atoms with Crippen molar-refractivity contribution in [3.8, 4) is 0 Å². The number of rotatable bonds is 10. The van der Waals surface area contributed by atoms with Crippen LogP contribution in [0.3, 0.4) is 0 Å². The monoisotopic (exact) mass is 653 g/mol. The summed E-state index contributed by atoms with van der Waals surface area (Å²) in [5.41, 5.74) is 0. The van der Waals surface area contributed by atoms with Crippen LogP contribution in [0.15, 0.2) is 0 Å². The number of thioether (sulfide) groups is 1. The molecular formula is C19H46NO4PSU. The molecule has 166 valence electrons. The molecule has 0 spiro atoms. The Balaban J connectivity index is -0.0000000982. The van der Waals surface area contributed by atoms with Gasteiger partial charge in [-0.05, 0) is 5.92 Å². The zero-order valence-electron chi connectivity index (χ0n) is 19.1. The van der Waals surface area contributed by atoms with Crippen LogP contribution >= 0.6 is 21.2 Å². The zero-order valence-corrected chi connectivity index (χ0v) is 25.2. The molecule has 5 nitrogen and oxygen atoms in total. The van der Waals surface area contributed by atoms with Crippen LogP contribution in [-0.4, -0.2) is 48.2 Å². The van der Waals surface area contributed by atoms with Gasteiger partial charge in [-0.3, -0.25) is 4.79 Å². The second kappa shape index (κ2) is 29.5. The summed E-state index contributed by atoms with van der Waals surface area (Å²) in [4.78, 5) is 11.1. The van der Waals surface area contributed by atoms with E-state index in [0.717, 1.165) is 11.7 Å². The van der Waals surface area contributed by atoms with Crippen LogP contribution in [0, 0.1) is 42.9 Å². The molecule has 27 heavy (non-hydrogen) atoms. The molecule has 1 atom stereocenters. The summed E-state index contributed by atoms with van der Waals surface area (Å²) in [6, 6.07) is 1.25. The molecule has 3 N–H and O–H groups in total. The smallest absolute Gasteiger partial charge is 0.191 e. The molecular weight excluding hydrogens is 607 g/mol. The van der Waals surface area contributed by atoms with Gasteiger partial charge in [0.1, 0.15) is 0 Å². The predicted octanol–water partition coefficient (Wildman–Crippen LogP) is 4.35. The van der Waals surface area contributed by atoms with Crippen molar-refractivity contribution in [3.63, 3.8) is 0 Å². The van der Waals surface area contributed by atoms with Crippen LogP contribution in [0.5, 0.6) is 0 Å². The van der Waals surface area contributed by atoms with Gasteiger partial charge in [-0.2, -0.15) is 0 Å². The van der Waals surface area contributed by atoms with Crippen molar-refractivity contribution in [1.29, 1.82) is 0 Å². The third-order valence-electron chi connectivity index (χ3n) is 2.77. The minimum absolute atomic E-state index is 0. The van der Waals surface area contributed by atoms with Crippen molar-refractivity contribution < 1.29 is 50.6 Å². The molecule has 0 aromatic carbocycles. The summed E-state index contributed by atoms with van der Waals surface area (Å²) in [5, 5.41) is 3.53. The summed E-state index contributed by atoms with van der Waals surface area (Å²) < 4.78 is 9.92. The molecule has 0 aliphatic rings. The molecule has 0 heterocycles. The van der Waals surface area contributed by atoms with E-state index in [4.69, 9.17) is 9.26 Å². The first-order valence-electron chi connectivity index (χ1n) is 9.40. The molecule has 0 radical (unpaired) electrons. The van der Waals surface area contributed by atoms with Gasteiger partial charge in [0, 0.05) is 64.3 Å². The number of nitrogens with one attached hydrogen (secondary N) is 1. The van der Waals surface area contributed by atoms with Gasteiger partial charge in [0.25, 0.3) is 0 Å². The van der Waals surface area contributed by atoms with Crippen molar-refractivity contribution in [2.24, 2.45) is 11.8 Å². The van der Waals surface area contributed by atoms with Gasteiger partial charge < -0.3 is 20.1 Å². The van der Waals surface area contributed by atoms with E-state index >= 15 is 0 Å². The SMILES string of the molecule is CC(C)C(=O)SCCOCCOP.CC(C)NC(C)C.CCC(C)C.O.[U]. The minimum atomic E-state index is 0. The van der Waals surface area contributed by atoms with E-state index in [1.165, 1.54) is 18.2 Å². The minimum Gasteiger partial charge on any atom is -0.412 e. The molecule has 0 amide bonds. The van der Waals surface area contributed by atoms with Crippen LogP contribution in [0.4, 0.5) is 0 Å². The fraction of sp³-hybridized carbons (Fsp3) is 0.947. The molecule has 0 aliphatic carbocycles. The Kier molecular flexibility index (Phi) is 42.5. The molecule has 0 aliphatic heterocycles. The molecule has 0 rings (SSSR count). The fourth-order valence-electron chi connectivity index (χ4n) is 1.24. The van der Waals surface area contributed by atoms with Gasteiger partial charge in [-0.1, -0.05) is 80.5 Å². The predicted molar refractivity (Wildman–Crippen MR) is 121 cm³/mol. The van der Waals surface area contributed by atoms with E-state index in [1.54, 1.807) is 0 Å². The summed E-state index contributed by atoms with van der Waals surface area (Å²) in [7, 11) is 2.16. The second-order valence-corrected chi connectivity index (χ2v) is 8.52. The number of carbonyl (C=O) groups excluding carboxylic acids is 1. The first-order chi connectivity index (χ1) is 11.6. The van der Waals surface area contributed by atoms with Gasteiger partial charge in [0.05, 0.1) is 19.8 Å². The Bertz CT molecular complexity index is 278. The first kappa shape index (κ1) is 38.9. The number of hydrogen-bond acceptors (Lipinski definition) is 5. The topological polar surface area (TPSA) is 79.1 Å². The maximum Gasteiger partial charge on any atom is 0.191 e. The second-order valence-electron chi connectivity index (χ2n) is 7.08. The Morgan fingerprint density at radius 2 is 1.41 bits per heavy atom. The average molecular weight is 654 g/mol. The Hall–Kier alpha value is 1.34. The van der Waals surface area contributed by atoms with Crippen LogP contribution < -0.4 is 5.32 Å². The summed E-state index contributed by atoms with van der Waals surface area (Å²) >= 11 is 1.33. The van der Waals surface area contributed by atoms with Crippen molar-refractivity contribution in [3.05, 3.63) is 0 Å². The molecule has 0 saturated carbocycles. The molecule has 0 aromatic heterocycles. The van der Waals surface area contributed by atoms with E-state index in [0.29, 0.717) is 31.9 Å². The molecule has 0 fully saturated rings. The van der Waals surface area contributed by atoms with Crippen LogP contribution in [0.25, 0.3) is 0 Å². The normalized spacial score (nSPS) is 9.85. The van der Waals surface area contributed by atoms with E-state index < -0.39 is 0 Å². The van der Waals surface area contributed by atoms with Crippen LogP contribution in [0.2, 0.25) is 0 Å². The van der Waals surface area contributed by atoms with E-state index in [1.807, 2.05) is 13.8 Å². The largest absolute Gasteiger partial charge is 0.412 e. The molecule has 8 heteroatoms. The average Bonchev–Trinajstić information content (AvgIpc) is 2.50. The number of carbonyl (C=O) groups is 1. The van der Waals surface area contributed by atoms with Crippen molar-refractivity contribution in [2.75, 3.05) is 25.6 Å². The molecule has 1 unspecified atom stereocenters. The van der Waals surface area contributed by atoms with Gasteiger partial charge in [0.2, 0.25) is 0 Å². The van der Waals surface area contributed by atoms with Gasteiger partial charge in [-0.25, -0.2) is 0 Å². The van der Waals surface area contributed by atoms with Gasteiger partial charge in [0.15, 0.2) is 5.12 Å². The summed E-state index contributed by atoms with van der Waals surface area (Å²) in [6.07, 6.45) is 1.31. The van der Waals surface area contributed by atoms with Gasteiger partial charge >= 0.3 is 0 Å². The van der Waals surface area contributed by atoms with Gasteiger partial charge in [-0.15, -0.1) is 0 Å². The third-order valence-corrected chi connectivity index (χ3v) is 4.13. The van der Waals surface area contributed by atoms with Crippen molar-refractivity contribution in [2.45, 2.75) is 80.8 Å². The number of ether oxygens (including phenoxy) is 1. The van der Waals surface area contributed by atoms with E-state index in [-0.39, 0.29) is 47.6 Å². The molecule has 0 aromatic rings. The first-order valence-corrected chi connectivity index (χ1v) is 10.9. The third kappa shape index (κ3) is 46.9.